The first-order chi connectivity index (χ1) is 12.3. The molecule has 1 N–H and O–H groups in total. The van der Waals surface area contributed by atoms with Crippen molar-refractivity contribution in [2.75, 3.05) is 0 Å². The third-order valence-electron chi connectivity index (χ3n) is 3.75. The highest BCUT2D eigenvalue weighted by Gasteiger charge is 2.34. The van der Waals surface area contributed by atoms with Gasteiger partial charge in [0.15, 0.2) is 11.5 Å². The van der Waals surface area contributed by atoms with Gasteiger partial charge in [-0.25, -0.2) is 0 Å². The van der Waals surface area contributed by atoms with Crippen LogP contribution in [0.1, 0.15) is 12.5 Å². The second kappa shape index (κ2) is 7.15. The van der Waals surface area contributed by atoms with Gasteiger partial charge in [-0.3, -0.25) is 4.79 Å². The summed E-state index contributed by atoms with van der Waals surface area (Å²) < 4.78 is 52.6. The van der Waals surface area contributed by atoms with E-state index in [2.05, 4.69) is 10.1 Å². The minimum atomic E-state index is -4.81. The van der Waals surface area contributed by atoms with E-state index in [9.17, 15) is 18.0 Å². The number of hydrogen-bond acceptors (Lipinski definition) is 4. The Bertz CT molecular complexity index is 794. The van der Waals surface area contributed by atoms with Crippen LogP contribution >= 0.6 is 0 Å². The third-order valence-corrected chi connectivity index (χ3v) is 3.75. The number of carbonyl (C=O) groups excluding carboxylic acids is 1. The largest absolute Gasteiger partial charge is 0.573 e. The molecule has 2 aromatic rings. The zero-order valence-electron chi connectivity index (χ0n) is 13.7. The third kappa shape index (κ3) is 4.19. The summed E-state index contributed by atoms with van der Waals surface area (Å²) in [5.41, 5.74) is 0.197. The number of rotatable bonds is 4. The van der Waals surface area contributed by atoms with Gasteiger partial charge >= 0.3 is 6.36 Å². The van der Waals surface area contributed by atoms with E-state index < -0.39 is 24.5 Å². The summed E-state index contributed by atoms with van der Waals surface area (Å²) in [6, 6.07) is 12.5. The van der Waals surface area contributed by atoms with E-state index in [1.54, 1.807) is 37.3 Å². The molecule has 138 valence electrons. The standard InChI is InChI=1S/C18H16F3NO4/c1-11-16(25-15-9-5-4-8-14(15)24-11)17(23)22-10-12-6-2-3-7-13(12)26-18(19,20)21/h2-9,11,16H,10H2,1H3,(H,22,23). The summed E-state index contributed by atoms with van der Waals surface area (Å²) >= 11 is 0. The Morgan fingerprint density at radius 3 is 2.38 bits per heavy atom. The Balaban J connectivity index is 1.67. The number of para-hydroxylation sites is 3. The lowest BCUT2D eigenvalue weighted by molar-refractivity contribution is -0.274. The molecule has 0 bridgehead atoms. The van der Waals surface area contributed by atoms with Gasteiger partial charge < -0.3 is 19.5 Å². The van der Waals surface area contributed by atoms with Crippen LogP contribution < -0.4 is 19.5 Å². The van der Waals surface area contributed by atoms with Gasteiger partial charge in [0.05, 0.1) is 0 Å². The van der Waals surface area contributed by atoms with E-state index in [-0.39, 0.29) is 17.9 Å². The first kappa shape index (κ1) is 17.9. The molecule has 1 aliphatic heterocycles. The van der Waals surface area contributed by atoms with Crippen molar-refractivity contribution in [3.63, 3.8) is 0 Å². The maximum absolute atomic E-state index is 12.5. The van der Waals surface area contributed by atoms with Gasteiger partial charge in [-0.15, -0.1) is 13.2 Å². The van der Waals surface area contributed by atoms with Gasteiger partial charge in [-0.05, 0) is 25.1 Å². The minimum absolute atomic E-state index is 0.140. The molecule has 2 unspecified atom stereocenters. The molecule has 2 atom stereocenters. The molecule has 0 saturated heterocycles. The van der Waals surface area contributed by atoms with Crippen LogP contribution in [0.4, 0.5) is 13.2 Å². The highest BCUT2D eigenvalue weighted by atomic mass is 19.4. The molecule has 0 aliphatic carbocycles. The van der Waals surface area contributed by atoms with Gasteiger partial charge in [0.1, 0.15) is 11.9 Å². The van der Waals surface area contributed by atoms with Crippen molar-refractivity contribution in [2.45, 2.75) is 32.0 Å². The number of amides is 1. The summed E-state index contributed by atoms with van der Waals surface area (Å²) in [6.45, 7) is 1.54. The molecule has 1 heterocycles. The second-order valence-electron chi connectivity index (χ2n) is 5.68. The van der Waals surface area contributed by atoms with Crippen LogP contribution in [0.5, 0.6) is 17.2 Å². The molecular weight excluding hydrogens is 351 g/mol. The second-order valence-corrected chi connectivity index (χ2v) is 5.68. The first-order valence-electron chi connectivity index (χ1n) is 7.87. The molecule has 0 fully saturated rings. The van der Waals surface area contributed by atoms with Crippen molar-refractivity contribution in [3.8, 4) is 17.2 Å². The van der Waals surface area contributed by atoms with E-state index >= 15 is 0 Å². The Morgan fingerprint density at radius 1 is 1.08 bits per heavy atom. The molecule has 0 radical (unpaired) electrons. The molecule has 8 heteroatoms. The van der Waals surface area contributed by atoms with Crippen LogP contribution in [-0.4, -0.2) is 24.5 Å². The van der Waals surface area contributed by atoms with E-state index in [1.807, 2.05) is 0 Å². The van der Waals surface area contributed by atoms with Crippen molar-refractivity contribution in [3.05, 3.63) is 54.1 Å². The number of alkyl halides is 3. The van der Waals surface area contributed by atoms with Crippen LogP contribution in [-0.2, 0) is 11.3 Å². The number of carbonyl (C=O) groups is 1. The van der Waals surface area contributed by atoms with Crippen molar-refractivity contribution in [2.24, 2.45) is 0 Å². The molecule has 0 saturated carbocycles. The van der Waals surface area contributed by atoms with E-state index in [0.29, 0.717) is 11.5 Å². The van der Waals surface area contributed by atoms with Crippen LogP contribution in [0.25, 0.3) is 0 Å². The molecule has 5 nitrogen and oxygen atoms in total. The Labute approximate surface area is 147 Å². The zero-order chi connectivity index (χ0) is 18.7. The van der Waals surface area contributed by atoms with E-state index in [4.69, 9.17) is 9.47 Å². The number of ether oxygens (including phenoxy) is 3. The fraction of sp³-hybridized carbons (Fsp3) is 0.278. The summed E-state index contributed by atoms with van der Waals surface area (Å²) in [7, 11) is 0. The molecule has 3 rings (SSSR count). The Morgan fingerprint density at radius 2 is 1.69 bits per heavy atom. The quantitative estimate of drug-likeness (QED) is 0.900. The summed E-state index contributed by atoms with van der Waals surface area (Å²) in [4.78, 5) is 12.4. The smallest absolute Gasteiger partial charge is 0.482 e. The molecule has 0 spiro atoms. The van der Waals surface area contributed by atoms with E-state index in [1.165, 1.54) is 18.2 Å². The predicted molar refractivity (Wildman–Crippen MR) is 85.9 cm³/mol. The molecule has 0 aromatic heterocycles. The zero-order valence-corrected chi connectivity index (χ0v) is 13.7. The van der Waals surface area contributed by atoms with Crippen LogP contribution in [0, 0.1) is 0 Å². The van der Waals surface area contributed by atoms with Gasteiger partial charge in [-0.1, -0.05) is 30.3 Å². The SMILES string of the molecule is CC1Oc2ccccc2OC1C(=O)NCc1ccccc1OC(F)(F)F. The maximum atomic E-state index is 12.5. The van der Waals surface area contributed by atoms with Crippen molar-refractivity contribution < 1.29 is 32.2 Å². The normalized spacial score (nSPS) is 18.9. The highest BCUT2D eigenvalue weighted by Crippen LogP contribution is 2.33. The van der Waals surface area contributed by atoms with Crippen LogP contribution in [0.15, 0.2) is 48.5 Å². The van der Waals surface area contributed by atoms with Crippen LogP contribution in [0.2, 0.25) is 0 Å². The maximum Gasteiger partial charge on any atom is 0.573 e. The molecular formula is C18H16F3NO4. The first-order valence-corrected chi connectivity index (χ1v) is 7.87. The summed E-state index contributed by atoms with van der Waals surface area (Å²) in [6.07, 6.45) is -6.27. The van der Waals surface area contributed by atoms with Crippen molar-refractivity contribution >= 4 is 5.91 Å². The molecule has 2 aromatic carbocycles. The van der Waals surface area contributed by atoms with Gasteiger partial charge in [-0.2, -0.15) is 0 Å². The topological polar surface area (TPSA) is 56.8 Å². The lowest BCUT2D eigenvalue weighted by atomic mass is 10.1. The number of benzene rings is 2. The number of fused-ring (bicyclic) bond motifs is 1. The summed E-state index contributed by atoms with van der Waals surface area (Å²) in [5.74, 6) is 0.118. The highest BCUT2D eigenvalue weighted by molar-refractivity contribution is 5.82. The Kier molecular flexibility index (Phi) is 4.92. The number of hydrogen-bond donors (Lipinski definition) is 1. The number of nitrogens with one attached hydrogen (secondary N) is 1. The molecule has 1 aliphatic rings. The fourth-order valence-corrected chi connectivity index (χ4v) is 2.56. The fourth-order valence-electron chi connectivity index (χ4n) is 2.56. The lowest BCUT2D eigenvalue weighted by Crippen LogP contribution is -2.48. The van der Waals surface area contributed by atoms with Crippen LogP contribution in [0.3, 0.4) is 0 Å². The van der Waals surface area contributed by atoms with Crippen molar-refractivity contribution in [1.29, 1.82) is 0 Å². The lowest BCUT2D eigenvalue weighted by Gasteiger charge is -2.31. The molecule has 26 heavy (non-hydrogen) atoms. The molecule has 1 amide bonds. The summed E-state index contributed by atoms with van der Waals surface area (Å²) in [5, 5.41) is 2.56. The Hall–Kier alpha value is -2.90. The average Bonchev–Trinajstić information content (AvgIpc) is 2.59. The van der Waals surface area contributed by atoms with Crippen molar-refractivity contribution in [1.82, 2.24) is 5.32 Å². The number of halogens is 3. The van der Waals surface area contributed by atoms with Gasteiger partial charge in [0.25, 0.3) is 5.91 Å². The monoisotopic (exact) mass is 367 g/mol. The predicted octanol–water partition coefficient (Wildman–Crippen LogP) is 3.43. The van der Waals surface area contributed by atoms with E-state index in [0.717, 1.165) is 0 Å². The van der Waals surface area contributed by atoms with Gasteiger partial charge in [0, 0.05) is 12.1 Å². The minimum Gasteiger partial charge on any atom is -0.482 e. The van der Waals surface area contributed by atoms with Gasteiger partial charge in [0.2, 0.25) is 6.10 Å². The average molecular weight is 367 g/mol.